The molecule has 2 aliphatic rings. The number of hydrogen-bond acceptors (Lipinski definition) is 8. The quantitative estimate of drug-likeness (QED) is 0.242. The fourth-order valence-electron chi connectivity index (χ4n) is 5.36. The van der Waals surface area contributed by atoms with E-state index in [4.69, 9.17) is 26.6 Å². The van der Waals surface area contributed by atoms with Crippen LogP contribution in [0.15, 0.2) is 64.2 Å². The van der Waals surface area contributed by atoms with Crippen molar-refractivity contribution in [3.05, 3.63) is 86.4 Å². The number of nitrogens with one attached hydrogen (secondary N) is 1. The first-order valence-corrected chi connectivity index (χ1v) is 14.9. The number of allylic oxidation sites excluding steroid dienone is 4. The topological polar surface area (TPSA) is 118 Å². The van der Waals surface area contributed by atoms with Gasteiger partial charge in [-0.1, -0.05) is 29.3 Å². The SMILES string of the molecule is CC1=C(C)C2=C(C1)n1c(C)nnc1[C@H](CC(=O)NCCCOc1ccc3sc(C#N)nc3c1)N=C2c1ccc(Cl)cc1. The summed E-state index contributed by atoms with van der Waals surface area (Å²) in [4.78, 5) is 22.6. The second-order valence-electron chi connectivity index (χ2n) is 10.4. The Hall–Kier alpha value is -4.33. The van der Waals surface area contributed by atoms with E-state index < -0.39 is 6.04 Å². The smallest absolute Gasteiger partial charge is 0.222 e. The van der Waals surface area contributed by atoms with Crippen LogP contribution in [0.2, 0.25) is 5.02 Å². The highest BCUT2D eigenvalue weighted by atomic mass is 35.5. The van der Waals surface area contributed by atoms with E-state index in [9.17, 15) is 4.79 Å². The number of benzene rings is 2. The van der Waals surface area contributed by atoms with Gasteiger partial charge in [-0.15, -0.1) is 21.5 Å². The molecule has 1 atom stereocenters. The van der Waals surface area contributed by atoms with Gasteiger partial charge in [-0.25, -0.2) is 4.98 Å². The summed E-state index contributed by atoms with van der Waals surface area (Å²) in [5.41, 5.74) is 7.15. The van der Waals surface area contributed by atoms with Crippen molar-refractivity contribution in [3.8, 4) is 11.8 Å². The summed E-state index contributed by atoms with van der Waals surface area (Å²) in [5, 5.41) is 22.0. The minimum atomic E-state index is -0.505. The minimum Gasteiger partial charge on any atom is -0.493 e. The summed E-state index contributed by atoms with van der Waals surface area (Å²) in [6.45, 7) is 7.08. The van der Waals surface area contributed by atoms with Gasteiger partial charge in [0, 0.05) is 40.9 Å². The van der Waals surface area contributed by atoms with Gasteiger partial charge in [0.05, 0.1) is 29.0 Å². The normalized spacial score (nSPS) is 16.2. The number of aryl methyl sites for hydroxylation is 1. The van der Waals surface area contributed by atoms with Crippen molar-refractivity contribution >= 4 is 50.5 Å². The van der Waals surface area contributed by atoms with Gasteiger partial charge in [0.25, 0.3) is 0 Å². The number of aromatic nitrogens is 4. The first kappa shape index (κ1) is 27.8. The van der Waals surface area contributed by atoms with Crippen LogP contribution in [0, 0.1) is 18.3 Å². The number of hydrogen-bond donors (Lipinski definition) is 1. The summed E-state index contributed by atoms with van der Waals surface area (Å²) in [7, 11) is 0. The maximum absolute atomic E-state index is 13.1. The van der Waals surface area contributed by atoms with E-state index in [-0.39, 0.29) is 12.3 Å². The number of carbonyl (C=O) groups is 1. The molecule has 3 heterocycles. The fourth-order valence-corrected chi connectivity index (χ4v) is 6.23. The second-order valence-corrected chi connectivity index (χ2v) is 11.8. The molecule has 0 saturated heterocycles. The first-order valence-electron chi connectivity index (χ1n) is 13.7. The zero-order valence-corrected chi connectivity index (χ0v) is 25.0. The molecule has 0 radical (unpaired) electrons. The number of ether oxygens (including phenoxy) is 1. The molecule has 0 fully saturated rings. The molecule has 1 amide bonds. The van der Waals surface area contributed by atoms with Crippen LogP contribution in [0.1, 0.15) is 61.4 Å². The molecule has 9 nitrogen and oxygen atoms in total. The van der Waals surface area contributed by atoms with Gasteiger partial charge in [-0.3, -0.25) is 14.4 Å². The lowest BCUT2D eigenvalue weighted by Crippen LogP contribution is -2.27. The van der Waals surface area contributed by atoms with E-state index >= 15 is 0 Å². The molecule has 1 aliphatic heterocycles. The number of halogens is 1. The molecule has 1 N–H and O–H groups in total. The highest BCUT2D eigenvalue weighted by molar-refractivity contribution is 7.19. The van der Waals surface area contributed by atoms with Gasteiger partial charge in [-0.05, 0) is 57.0 Å². The van der Waals surface area contributed by atoms with Crippen LogP contribution < -0.4 is 10.1 Å². The highest BCUT2D eigenvalue weighted by Crippen LogP contribution is 2.42. The first-order chi connectivity index (χ1) is 20.3. The molecule has 0 unspecified atom stereocenters. The number of nitrogens with zero attached hydrogens (tertiary/aromatic N) is 6. The molecule has 0 spiro atoms. The van der Waals surface area contributed by atoms with Crippen molar-refractivity contribution in [2.24, 2.45) is 4.99 Å². The zero-order valence-electron chi connectivity index (χ0n) is 23.4. The molecule has 1 aliphatic carbocycles. The van der Waals surface area contributed by atoms with Crippen LogP contribution in [0.3, 0.4) is 0 Å². The Balaban J connectivity index is 1.15. The number of carbonyl (C=O) groups excluding carboxylic acids is 1. The third kappa shape index (κ3) is 5.33. The van der Waals surface area contributed by atoms with E-state index in [0.717, 1.165) is 45.0 Å². The van der Waals surface area contributed by atoms with Gasteiger partial charge in [0.2, 0.25) is 5.91 Å². The third-order valence-corrected chi connectivity index (χ3v) is 8.73. The lowest BCUT2D eigenvalue weighted by atomic mass is 9.97. The van der Waals surface area contributed by atoms with Gasteiger partial charge in [0.1, 0.15) is 23.7 Å². The van der Waals surface area contributed by atoms with Gasteiger partial charge in [-0.2, -0.15) is 5.26 Å². The summed E-state index contributed by atoms with van der Waals surface area (Å²) < 4.78 is 8.87. The van der Waals surface area contributed by atoms with Crippen LogP contribution in [-0.2, 0) is 4.79 Å². The standard InChI is InChI=1S/C31H28ClN7O2S/c1-17-13-25-29(18(17)2)30(20-5-7-21(32)8-6-20)36-24(31-38-37-19(3)39(25)31)15-27(40)34-11-4-12-41-22-9-10-26-23(14-22)35-28(16-33)42-26/h5-10,14,24H,4,11-13,15H2,1-3H3,(H,34,40)/t24-/m0/s1. The average molecular weight is 598 g/mol. The van der Waals surface area contributed by atoms with Crippen molar-refractivity contribution in [3.63, 3.8) is 0 Å². The molecule has 0 saturated carbocycles. The Morgan fingerprint density at radius 2 is 2.00 bits per heavy atom. The lowest BCUT2D eigenvalue weighted by molar-refractivity contribution is -0.121. The van der Waals surface area contributed by atoms with Crippen LogP contribution in [0.25, 0.3) is 15.9 Å². The average Bonchev–Trinajstić information content (AvgIpc) is 3.63. The molecule has 6 rings (SSSR count). The summed E-state index contributed by atoms with van der Waals surface area (Å²) in [5.74, 6) is 2.00. The van der Waals surface area contributed by atoms with Crippen molar-refractivity contribution < 1.29 is 9.53 Å². The molecular weight excluding hydrogens is 570 g/mol. The van der Waals surface area contributed by atoms with E-state index in [2.05, 4.69) is 45.0 Å². The van der Waals surface area contributed by atoms with E-state index in [1.54, 1.807) is 0 Å². The lowest BCUT2D eigenvalue weighted by Gasteiger charge is -2.15. The van der Waals surface area contributed by atoms with Crippen LogP contribution in [0.4, 0.5) is 0 Å². The van der Waals surface area contributed by atoms with Gasteiger partial charge >= 0.3 is 0 Å². The van der Waals surface area contributed by atoms with E-state index in [1.165, 1.54) is 22.5 Å². The Morgan fingerprint density at radius 1 is 1.19 bits per heavy atom. The van der Waals surface area contributed by atoms with Crippen molar-refractivity contribution in [1.82, 2.24) is 25.1 Å². The number of aliphatic imine (C=N–C) groups is 1. The largest absolute Gasteiger partial charge is 0.493 e. The van der Waals surface area contributed by atoms with Gasteiger partial charge in [0.15, 0.2) is 10.8 Å². The van der Waals surface area contributed by atoms with Gasteiger partial charge < -0.3 is 10.1 Å². The maximum atomic E-state index is 13.1. The number of fused-ring (bicyclic) bond motifs is 3. The molecule has 2 aromatic heterocycles. The van der Waals surface area contributed by atoms with Crippen LogP contribution >= 0.6 is 22.9 Å². The Morgan fingerprint density at radius 3 is 2.79 bits per heavy atom. The predicted octanol–water partition coefficient (Wildman–Crippen LogP) is 6.19. The zero-order chi connectivity index (χ0) is 29.4. The summed E-state index contributed by atoms with van der Waals surface area (Å²) >= 11 is 7.55. The Bertz CT molecular complexity index is 1840. The van der Waals surface area contributed by atoms with E-state index in [1.807, 2.05) is 49.4 Å². The Kier molecular flexibility index (Phi) is 7.62. The predicted molar refractivity (Wildman–Crippen MR) is 164 cm³/mol. The van der Waals surface area contributed by atoms with E-state index in [0.29, 0.717) is 41.2 Å². The molecule has 4 aromatic rings. The summed E-state index contributed by atoms with van der Waals surface area (Å²) in [6.07, 6.45) is 1.54. The molecule has 11 heteroatoms. The fraction of sp³-hybridized carbons (Fsp3) is 0.290. The van der Waals surface area contributed by atoms with Crippen molar-refractivity contribution in [2.45, 2.75) is 46.1 Å². The molecule has 42 heavy (non-hydrogen) atoms. The maximum Gasteiger partial charge on any atom is 0.222 e. The Labute approximate surface area is 252 Å². The molecular formula is C31H28ClN7O2S. The number of nitriles is 1. The number of rotatable bonds is 8. The van der Waals surface area contributed by atoms with Crippen LogP contribution in [0.5, 0.6) is 5.75 Å². The molecule has 212 valence electrons. The van der Waals surface area contributed by atoms with Crippen LogP contribution in [-0.4, -0.2) is 44.5 Å². The highest BCUT2D eigenvalue weighted by Gasteiger charge is 2.34. The number of thiazole rings is 1. The van der Waals surface area contributed by atoms with Crippen molar-refractivity contribution in [2.75, 3.05) is 13.2 Å². The summed E-state index contributed by atoms with van der Waals surface area (Å²) in [6, 6.07) is 14.8. The minimum absolute atomic E-state index is 0.121. The number of amides is 1. The third-order valence-electron chi connectivity index (χ3n) is 7.54. The molecule has 0 bridgehead atoms. The second kappa shape index (κ2) is 11.5. The van der Waals surface area contributed by atoms with Crippen molar-refractivity contribution in [1.29, 1.82) is 5.26 Å². The molecule has 2 aromatic carbocycles. The monoisotopic (exact) mass is 597 g/mol.